The van der Waals surface area contributed by atoms with Crippen LogP contribution in [0.2, 0.25) is 0 Å². The van der Waals surface area contributed by atoms with Gasteiger partial charge in [0.1, 0.15) is 5.82 Å². The molecule has 2 N–H and O–H groups in total. The average Bonchev–Trinajstić information content (AvgIpc) is 2.37. The van der Waals surface area contributed by atoms with E-state index < -0.39 is 0 Å². The topological polar surface area (TPSA) is 49.8 Å². The van der Waals surface area contributed by atoms with Gasteiger partial charge in [0.05, 0.1) is 0 Å². The summed E-state index contributed by atoms with van der Waals surface area (Å²) in [5.41, 5.74) is 3.21. The van der Waals surface area contributed by atoms with Crippen molar-refractivity contribution < 1.29 is 0 Å². The third kappa shape index (κ3) is 3.95. The molecule has 2 rings (SSSR count). The van der Waals surface area contributed by atoms with Gasteiger partial charge in [0.2, 0.25) is 5.95 Å². The third-order valence-corrected chi connectivity index (χ3v) is 3.13. The van der Waals surface area contributed by atoms with Gasteiger partial charge in [-0.05, 0) is 44.9 Å². The minimum Gasteiger partial charge on any atom is -0.352 e. The monoisotopic (exact) mass is 270 g/mol. The van der Waals surface area contributed by atoms with E-state index in [4.69, 9.17) is 0 Å². The third-order valence-electron chi connectivity index (χ3n) is 3.13. The second-order valence-electron chi connectivity index (χ2n) is 5.17. The van der Waals surface area contributed by atoms with Crippen LogP contribution < -0.4 is 10.6 Å². The second kappa shape index (κ2) is 6.37. The maximum atomic E-state index is 4.51. The fraction of sp³-hybridized carbons (Fsp3) is 0.375. The summed E-state index contributed by atoms with van der Waals surface area (Å²) in [6.07, 6.45) is 1.04. The summed E-state index contributed by atoms with van der Waals surface area (Å²) in [6, 6.07) is 10.6. The van der Waals surface area contributed by atoms with Crippen molar-refractivity contribution in [3.8, 4) is 0 Å². The molecule has 1 unspecified atom stereocenters. The van der Waals surface area contributed by atoms with Gasteiger partial charge in [0, 0.05) is 23.5 Å². The van der Waals surface area contributed by atoms with Crippen molar-refractivity contribution in [2.45, 2.75) is 40.2 Å². The molecule has 0 aliphatic heterocycles. The Hall–Kier alpha value is -2.10. The molecule has 4 heteroatoms. The highest BCUT2D eigenvalue weighted by Crippen LogP contribution is 2.18. The second-order valence-corrected chi connectivity index (χ2v) is 5.17. The number of aromatic nitrogens is 2. The lowest BCUT2D eigenvalue weighted by molar-refractivity contribution is 0.752. The predicted octanol–water partition coefficient (Wildman–Crippen LogP) is 4.05. The first-order chi connectivity index (χ1) is 9.56. The maximum Gasteiger partial charge on any atom is 0.225 e. The highest BCUT2D eigenvalue weighted by Gasteiger charge is 2.05. The van der Waals surface area contributed by atoms with Gasteiger partial charge in [-0.1, -0.05) is 19.1 Å². The van der Waals surface area contributed by atoms with Crippen molar-refractivity contribution in [2.24, 2.45) is 0 Å². The van der Waals surface area contributed by atoms with Crippen molar-refractivity contribution in [1.29, 1.82) is 0 Å². The lowest BCUT2D eigenvalue weighted by Crippen LogP contribution is -2.16. The molecule has 2 aromatic rings. The van der Waals surface area contributed by atoms with E-state index in [0.717, 1.165) is 23.6 Å². The molecule has 0 spiro atoms. The van der Waals surface area contributed by atoms with Crippen molar-refractivity contribution >= 4 is 17.5 Å². The van der Waals surface area contributed by atoms with E-state index in [0.29, 0.717) is 12.0 Å². The molecule has 0 saturated carbocycles. The van der Waals surface area contributed by atoms with Crippen LogP contribution in [0.3, 0.4) is 0 Å². The molecule has 0 bridgehead atoms. The van der Waals surface area contributed by atoms with Gasteiger partial charge in [-0.15, -0.1) is 0 Å². The van der Waals surface area contributed by atoms with E-state index in [9.17, 15) is 0 Å². The Balaban J connectivity index is 2.19. The summed E-state index contributed by atoms with van der Waals surface area (Å²) < 4.78 is 0. The van der Waals surface area contributed by atoms with E-state index >= 15 is 0 Å². The lowest BCUT2D eigenvalue weighted by atomic mass is 10.2. The minimum atomic E-state index is 0.364. The summed E-state index contributed by atoms with van der Waals surface area (Å²) in [5, 5.41) is 6.63. The summed E-state index contributed by atoms with van der Waals surface area (Å²) in [7, 11) is 0. The van der Waals surface area contributed by atoms with Crippen LogP contribution in [0, 0.1) is 13.8 Å². The number of benzene rings is 1. The number of hydrogen-bond donors (Lipinski definition) is 2. The molecular formula is C16H22N4. The Labute approximate surface area is 120 Å². The first-order valence-corrected chi connectivity index (χ1v) is 7.02. The fourth-order valence-corrected chi connectivity index (χ4v) is 1.89. The van der Waals surface area contributed by atoms with Crippen LogP contribution in [0.5, 0.6) is 0 Å². The first-order valence-electron chi connectivity index (χ1n) is 7.02. The molecule has 1 atom stereocenters. The molecule has 0 fully saturated rings. The van der Waals surface area contributed by atoms with E-state index in [2.05, 4.69) is 53.5 Å². The van der Waals surface area contributed by atoms with Crippen LogP contribution >= 0.6 is 0 Å². The van der Waals surface area contributed by atoms with Crippen LogP contribution in [0.1, 0.15) is 31.5 Å². The minimum absolute atomic E-state index is 0.364. The number of anilines is 3. The standard InChI is InChI=1S/C16H22N4/c1-5-12(3)17-16-18-13(4)10-15(20-16)19-14-8-6-7-11(2)9-14/h6-10,12H,5H2,1-4H3,(H2,17,18,19,20). The molecule has 1 aromatic heterocycles. The van der Waals surface area contributed by atoms with Crippen LogP contribution in [-0.2, 0) is 0 Å². The van der Waals surface area contributed by atoms with Crippen molar-refractivity contribution in [3.63, 3.8) is 0 Å². The van der Waals surface area contributed by atoms with Crippen LogP contribution in [-0.4, -0.2) is 16.0 Å². The SMILES string of the molecule is CCC(C)Nc1nc(C)cc(Nc2cccc(C)c2)n1. The van der Waals surface area contributed by atoms with Crippen molar-refractivity contribution in [3.05, 3.63) is 41.6 Å². The maximum absolute atomic E-state index is 4.51. The Morgan fingerprint density at radius 2 is 1.95 bits per heavy atom. The molecule has 1 heterocycles. The smallest absolute Gasteiger partial charge is 0.225 e. The summed E-state index contributed by atoms with van der Waals surface area (Å²) in [5.74, 6) is 1.49. The van der Waals surface area contributed by atoms with Gasteiger partial charge < -0.3 is 10.6 Å². The molecule has 106 valence electrons. The number of nitrogens with zero attached hydrogens (tertiary/aromatic N) is 2. The van der Waals surface area contributed by atoms with E-state index in [1.165, 1.54) is 5.56 Å². The normalized spacial score (nSPS) is 12.0. The molecule has 0 aliphatic rings. The average molecular weight is 270 g/mol. The van der Waals surface area contributed by atoms with Gasteiger partial charge in [0.15, 0.2) is 0 Å². The molecule has 0 saturated heterocycles. The number of hydrogen-bond acceptors (Lipinski definition) is 4. The van der Waals surface area contributed by atoms with Crippen LogP contribution in [0.25, 0.3) is 0 Å². The van der Waals surface area contributed by atoms with Gasteiger partial charge in [0.25, 0.3) is 0 Å². The quantitative estimate of drug-likeness (QED) is 0.860. The van der Waals surface area contributed by atoms with E-state index in [-0.39, 0.29) is 0 Å². The summed E-state index contributed by atoms with van der Waals surface area (Å²) >= 11 is 0. The predicted molar refractivity (Wildman–Crippen MR) is 84.6 cm³/mol. The summed E-state index contributed by atoms with van der Waals surface area (Å²) in [4.78, 5) is 8.93. The van der Waals surface area contributed by atoms with Crippen LogP contribution in [0.15, 0.2) is 30.3 Å². The Kier molecular flexibility index (Phi) is 4.56. The van der Waals surface area contributed by atoms with Crippen molar-refractivity contribution in [2.75, 3.05) is 10.6 Å². The molecule has 20 heavy (non-hydrogen) atoms. The van der Waals surface area contributed by atoms with Gasteiger partial charge >= 0.3 is 0 Å². The molecule has 0 radical (unpaired) electrons. The Morgan fingerprint density at radius 1 is 1.15 bits per heavy atom. The zero-order chi connectivity index (χ0) is 14.5. The van der Waals surface area contributed by atoms with E-state index in [1.54, 1.807) is 0 Å². The summed E-state index contributed by atoms with van der Waals surface area (Å²) in [6.45, 7) is 8.32. The Morgan fingerprint density at radius 3 is 2.65 bits per heavy atom. The van der Waals surface area contributed by atoms with Crippen LogP contribution in [0.4, 0.5) is 17.5 Å². The Bertz CT molecular complexity index is 580. The van der Waals surface area contributed by atoms with Gasteiger partial charge in [-0.25, -0.2) is 4.98 Å². The number of aryl methyl sites for hydroxylation is 2. The highest BCUT2D eigenvalue weighted by atomic mass is 15.2. The van der Waals surface area contributed by atoms with Gasteiger partial charge in [-0.2, -0.15) is 4.98 Å². The highest BCUT2D eigenvalue weighted by molar-refractivity contribution is 5.58. The first kappa shape index (κ1) is 14.3. The molecule has 4 nitrogen and oxygen atoms in total. The molecule has 0 aliphatic carbocycles. The largest absolute Gasteiger partial charge is 0.352 e. The molecule has 1 aromatic carbocycles. The zero-order valence-electron chi connectivity index (χ0n) is 12.6. The number of rotatable bonds is 5. The fourth-order valence-electron chi connectivity index (χ4n) is 1.89. The molecular weight excluding hydrogens is 248 g/mol. The van der Waals surface area contributed by atoms with Gasteiger partial charge in [-0.3, -0.25) is 0 Å². The number of nitrogens with one attached hydrogen (secondary N) is 2. The molecule has 0 amide bonds. The zero-order valence-corrected chi connectivity index (χ0v) is 12.6. The van der Waals surface area contributed by atoms with Crippen molar-refractivity contribution in [1.82, 2.24) is 9.97 Å². The van der Waals surface area contributed by atoms with E-state index in [1.807, 2.05) is 25.1 Å². The lowest BCUT2D eigenvalue weighted by Gasteiger charge is -2.13.